The van der Waals surface area contributed by atoms with E-state index in [-0.39, 0.29) is 12.0 Å². The summed E-state index contributed by atoms with van der Waals surface area (Å²) in [4.78, 5) is 13.5. The second-order valence-corrected chi connectivity index (χ2v) is 4.95. The van der Waals surface area contributed by atoms with E-state index >= 15 is 0 Å². The molecule has 0 aliphatic carbocycles. The Hall–Kier alpha value is -2.10. The van der Waals surface area contributed by atoms with Crippen LogP contribution in [0.2, 0.25) is 0 Å². The molecule has 1 fully saturated rings. The molecule has 6 heteroatoms. The van der Waals surface area contributed by atoms with Crippen molar-refractivity contribution in [2.45, 2.75) is 19.1 Å². The van der Waals surface area contributed by atoms with E-state index in [0.29, 0.717) is 37.6 Å². The number of amides is 1. The van der Waals surface area contributed by atoms with Crippen LogP contribution in [0.15, 0.2) is 24.3 Å². The molecule has 2 rings (SSSR count). The summed E-state index contributed by atoms with van der Waals surface area (Å²) in [6.45, 7) is 4.08. The van der Waals surface area contributed by atoms with E-state index in [9.17, 15) is 4.79 Å². The first-order valence-electron chi connectivity index (χ1n) is 6.89. The molecule has 6 nitrogen and oxygen atoms in total. The van der Waals surface area contributed by atoms with E-state index in [1.165, 1.54) is 0 Å². The van der Waals surface area contributed by atoms with E-state index < -0.39 is 6.04 Å². The Morgan fingerprint density at radius 1 is 1.62 bits per heavy atom. The quantitative estimate of drug-likeness (QED) is 0.853. The lowest BCUT2D eigenvalue weighted by Crippen LogP contribution is -2.57. The lowest BCUT2D eigenvalue weighted by atomic mass is 10.1. The number of carbonyl (C=O) groups excluding carboxylic acids is 1. The standard InChI is InChI=1S/C15H19N3O3/c1-11-14(15(17)19)18(5-7-20-11)6-8-21-13-4-2-3-12(9-13)10-16/h2-4,9,11,14H,5-8H2,1H3,(H2,17,19)/t11-,14+/m1/s1. The minimum atomic E-state index is -0.423. The number of hydrogen-bond acceptors (Lipinski definition) is 5. The highest BCUT2D eigenvalue weighted by atomic mass is 16.5. The molecule has 0 saturated carbocycles. The van der Waals surface area contributed by atoms with Gasteiger partial charge in [0.1, 0.15) is 18.4 Å². The van der Waals surface area contributed by atoms with Gasteiger partial charge in [-0.05, 0) is 25.1 Å². The first kappa shape index (κ1) is 15.3. The maximum absolute atomic E-state index is 11.5. The Labute approximate surface area is 124 Å². The molecular weight excluding hydrogens is 270 g/mol. The van der Waals surface area contributed by atoms with E-state index in [4.69, 9.17) is 20.5 Å². The highest BCUT2D eigenvalue weighted by Crippen LogP contribution is 2.15. The van der Waals surface area contributed by atoms with Gasteiger partial charge in [-0.25, -0.2) is 0 Å². The summed E-state index contributed by atoms with van der Waals surface area (Å²) in [5.74, 6) is 0.264. The smallest absolute Gasteiger partial charge is 0.237 e. The normalized spacial score (nSPS) is 22.5. The molecule has 1 amide bonds. The molecule has 0 spiro atoms. The van der Waals surface area contributed by atoms with Crippen LogP contribution in [0.25, 0.3) is 0 Å². The number of hydrogen-bond donors (Lipinski definition) is 1. The number of nitriles is 1. The summed E-state index contributed by atoms with van der Waals surface area (Å²) in [5.41, 5.74) is 5.99. The SMILES string of the molecule is C[C@H]1OCCN(CCOc2cccc(C#N)c2)[C@@H]1C(N)=O. The molecule has 1 saturated heterocycles. The van der Waals surface area contributed by atoms with Crippen molar-refractivity contribution in [3.8, 4) is 11.8 Å². The maximum Gasteiger partial charge on any atom is 0.237 e. The molecule has 0 radical (unpaired) electrons. The van der Waals surface area contributed by atoms with Gasteiger partial charge in [-0.1, -0.05) is 6.07 Å². The van der Waals surface area contributed by atoms with Gasteiger partial charge >= 0.3 is 0 Å². The molecule has 2 N–H and O–H groups in total. The summed E-state index contributed by atoms with van der Waals surface area (Å²) >= 11 is 0. The van der Waals surface area contributed by atoms with Crippen molar-refractivity contribution in [1.82, 2.24) is 4.90 Å². The van der Waals surface area contributed by atoms with Crippen molar-refractivity contribution >= 4 is 5.91 Å². The highest BCUT2D eigenvalue weighted by molar-refractivity contribution is 5.80. The average Bonchev–Trinajstić information content (AvgIpc) is 2.47. The van der Waals surface area contributed by atoms with E-state index in [0.717, 1.165) is 0 Å². The Morgan fingerprint density at radius 2 is 2.43 bits per heavy atom. The Bertz CT molecular complexity index is 541. The van der Waals surface area contributed by atoms with Crippen molar-refractivity contribution in [3.63, 3.8) is 0 Å². The van der Waals surface area contributed by atoms with Gasteiger partial charge in [-0.15, -0.1) is 0 Å². The van der Waals surface area contributed by atoms with Crippen LogP contribution < -0.4 is 10.5 Å². The third-order valence-electron chi connectivity index (χ3n) is 3.50. The average molecular weight is 289 g/mol. The van der Waals surface area contributed by atoms with Crippen molar-refractivity contribution in [2.75, 3.05) is 26.3 Å². The third-order valence-corrected chi connectivity index (χ3v) is 3.50. The fourth-order valence-corrected chi connectivity index (χ4v) is 2.48. The van der Waals surface area contributed by atoms with E-state index in [2.05, 4.69) is 6.07 Å². The van der Waals surface area contributed by atoms with Crippen molar-refractivity contribution in [1.29, 1.82) is 5.26 Å². The van der Waals surface area contributed by atoms with Crippen LogP contribution in [0.3, 0.4) is 0 Å². The molecule has 1 aliphatic rings. The minimum Gasteiger partial charge on any atom is -0.492 e. The zero-order valence-electron chi connectivity index (χ0n) is 12.0. The Kier molecular flexibility index (Phi) is 5.14. The second kappa shape index (κ2) is 7.07. The number of nitrogens with two attached hydrogens (primary N) is 1. The highest BCUT2D eigenvalue weighted by Gasteiger charge is 2.33. The van der Waals surface area contributed by atoms with Crippen LogP contribution in [0.4, 0.5) is 0 Å². The summed E-state index contributed by atoms with van der Waals surface area (Å²) < 4.78 is 11.1. The summed E-state index contributed by atoms with van der Waals surface area (Å²) in [5, 5.41) is 8.84. The van der Waals surface area contributed by atoms with Gasteiger partial charge < -0.3 is 15.2 Å². The van der Waals surface area contributed by atoms with Crippen LogP contribution in [0.5, 0.6) is 5.75 Å². The molecule has 2 atom stereocenters. The fourth-order valence-electron chi connectivity index (χ4n) is 2.48. The Morgan fingerprint density at radius 3 is 3.14 bits per heavy atom. The van der Waals surface area contributed by atoms with Crippen LogP contribution in [-0.4, -0.2) is 49.3 Å². The first-order valence-corrected chi connectivity index (χ1v) is 6.89. The fraction of sp³-hybridized carbons (Fsp3) is 0.467. The van der Waals surface area contributed by atoms with Gasteiger partial charge in [0.15, 0.2) is 0 Å². The molecule has 0 unspecified atom stereocenters. The predicted octanol–water partition coefficient (Wildman–Crippen LogP) is 0.512. The van der Waals surface area contributed by atoms with Gasteiger partial charge in [-0.2, -0.15) is 5.26 Å². The zero-order chi connectivity index (χ0) is 15.2. The number of nitrogens with zero attached hydrogens (tertiary/aromatic N) is 2. The number of morpholine rings is 1. The number of benzene rings is 1. The summed E-state index contributed by atoms with van der Waals surface area (Å²) in [6, 6.07) is 8.63. The zero-order valence-corrected chi connectivity index (χ0v) is 12.0. The lowest BCUT2D eigenvalue weighted by molar-refractivity contribution is -0.136. The first-order chi connectivity index (χ1) is 10.1. The summed E-state index contributed by atoms with van der Waals surface area (Å²) in [7, 11) is 0. The summed E-state index contributed by atoms with van der Waals surface area (Å²) in [6.07, 6.45) is -0.210. The molecule has 0 bridgehead atoms. The molecule has 1 aliphatic heterocycles. The number of carbonyl (C=O) groups is 1. The molecule has 112 valence electrons. The van der Waals surface area contributed by atoms with Crippen LogP contribution in [0.1, 0.15) is 12.5 Å². The second-order valence-electron chi connectivity index (χ2n) is 4.95. The van der Waals surface area contributed by atoms with Crippen molar-refractivity contribution < 1.29 is 14.3 Å². The number of primary amides is 1. The molecule has 1 aromatic carbocycles. The van der Waals surface area contributed by atoms with Gasteiger partial charge in [0, 0.05) is 13.1 Å². The van der Waals surface area contributed by atoms with Gasteiger partial charge in [-0.3, -0.25) is 9.69 Å². The Balaban J connectivity index is 1.89. The van der Waals surface area contributed by atoms with Gasteiger partial charge in [0.25, 0.3) is 0 Å². The topological polar surface area (TPSA) is 88.6 Å². The lowest BCUT2D eigenvalue weighted by Gasteiger charge is -2.37. The molecule has 0 aromatic heterocycles. The number of rotatable bonds is 5. The van der Waals surface area contributed by atoms with E-state index in [1.54, 1.807) is 24.3 Å². The van der Waals surface area contributed by atoms with Crippen molar-refractivity contribution in [3.05, 3.63) is 29.8 Å². The third kappa shape index (κ3) is 3.94. The van der Waals surface area contributed by atoms with Crippen LogP contribution in [-0.2, 0) is 9.53 Å². The van der Waals surface area contributed by atoms with Gasteiger partial charge in [0.05, 0.1) is 24.3 Å². The predicted molar refractivity (Wildman–Crippen MR) is 76.6 cm³/mol. The number of ether oxygens (including phenoxy) is 2. The van der Waals surface area contributed by atoms with Gasteiger partial charge in [0.2, 0.25) is 5.91 Å². The monoisotopic (exact) mass is 289 g/mol. The molecular formula is C15H19N3O3. The van der Waals surface area contributed by atoms with Crippen molar-refractivity contribution in [2.24, 2.45) is 5.73 Å². The van der Waals surface area contributed by atoms with Crippen LogP contribution in [0, 0.1) is 11.3 Å². The molecule has 1 aromatic rings. The van der Waals surface area contributed by atoms with Crippen LogP contribution >= 0.6 is 0 Å². The maximum atomic E-state index is 11.5. The molecule has 1 heterocycles. The van der Waals surface area contributed by atoms with E-state index in [1.807, 2.05) is 11.8 Å². The largest absolute Gasteiger partial charge is 0.492 e. The minimum absolute atomic E-state index is 0.210. The molecule has 21 heavy (non-hydrogen) atoms.